The molecule has 11 nitrogen and oxygen atoms in total. The van der Waals surface area contributed by atoms with Crippen molar-refractivity contribution >= 4 is 33.1 Å². The Morgan fingerprint density at radius 2 is 1.73 bits per heavy atom. The van der Waals surface area contributed by atoms with E-state index in [1.54, 1.807) is 12.1 Å². The molecule has 4 aromatic rings. The molecule has 1 aliphatic carbocycles. The van der Waals surface area contributed by atoms with Gasteiger partial charge in [0.1, 0.15) is 11.9 Å². The monoisotopic (exact) mass is 617 g/mol. The molecule has 2 aliphatic rings. The van der Waals surface area contributed by atoms with E-state index in [0.29, 0.717) is 24.2 Å². The average molecular weight is 618 g/mol. The SMILES string of the molecule is CN1CCC1c1nnc2ccc(O[C@@H]3CC[C@H](NC(=O)Nc4cc(NS(C)(=O)=O)cc(C(C)(C)C)c4)c4ccccc43)cn12. The molecule has 2 aromatic heterocycles. The van der Waals surface area contributed by atoms with Gasteiger partial charge in [0.2, 0.25) is 10.0 Å². The standard InChI is InChI=1S/C32H39N7O4S/c1-32(2,3)20-16-21(18-22(17-20)37-44(5,41)42)33-31(40)34-26-11-12-28(25-9-7-6-8-24(25)26)43-23-10-13-29-35-36-30(39(29)19-23)27-14-15-38(27)4/h6-10,13,16-19,26-28,37H,11-12,14-15H2,1-5H3,(H2,33,34,40)/t26-,27?,28+/m0/s1. The zero-order chi connectivity index (χ0) is 31.2. The summed E-state index contributed by atoms with van der Waals surface area (Å²) in [5, 5.41) is 14.8. The van der Waals surface area contributed by atoms with E-state index in [9.17, 15) is 13.2 Å². The predicted molar refractivity (Wildman–Crippen MR) is 171 cm³/mol. The molecule has 3 N–H and O–H groups in total. The van der Waals surface area contributed by atoms with Crippen molar-refractivity contribution in [1.29, 1.82) is 0 Å². The maximum Gasteiger partial charge on any atom is 0.319 e. The molecule has 3 atom stereocenters. The summed E-state index contributed by atoms with van der Waals surface area (Å²) in [6.07, 6.45) is 5.35. The smallest absolute Gasteiger partial charge is 0.319 e. The summed E-state index contributed by atoms with van der Waals surface area (Å²) in [5.41, 5.74) is 4.36. The molecule has 232 valence electrons. The Morgan fingerprint density at radius 1 is 0.977 bits per heavy atom. The van der Waals surface area contributed by atoms with Crippen molar-refractivity contribution in [3.63, 3.8) is 0 Å². The van der Waals surface area contributed by atoms with Crippen LogP contribution in [0, 0.1) is 0 Å². The van der Waals surface area contributed by atoms with Crippen molar-refractivity contribution in [2.75, 3.05) is 29.9 Å². The van der Waals surface area contributed by atoms with E-state index in [0.717, 1.165) is 53.1 Å². The fraction of sp³-hybridized carbons (Fsp3) is 0.406. The van der Waals surface area contributed by atoms with E-state index >= 15 is 0 Å². The average Bonchev–Trinajstić information content (AvgIpc) is 3.34. The second kappa shape index (κ2) is 11.4. The lowest BCUT2D eigenvalue weighted by Crippen LogP contribution is -2.38. The zero-order valence-electron chi connectivity index (χ0n) is 25.7. The quantitative estimate of drug-likeness (QED) is 0.248. The zero-order valence-corrected chi connectivity index (χ0v) is 26.5. The summed E-state index contributed by atoms with van der Waals surface area (Å²) >= 11 is 0. The lowest BCUT2D eigenvalue weighted by atomic mass is 9.85. The normalized spacial score (nSPS) is 20.4. The molecule has 44 heavy (non-hydrogen) atoms. The molecule has 1 fully saturated rings. The number of carbonyl (C=O) groups excluding carboxylic acids is 1. The Kier molecular flexibility index (Phi) is 7.75. The molecular weight excluding hydrogens is 578 g/mol. The number of hydrogen-bond donors (Lipinski definition) is 3. The van der Waals surface area contributed by atoms with E-state index in [2.05, 4.69) is 37.5 Å². The molecule has 1 unspecified atom stereocenters. The van der Waals surface area contributed by atoms with Gasteiger partial charge in [-0.1, -0.05) is 45.0 Å². The number of nitrogens with zero attached hydrogens (tertiary/aromatic N) is 4. The molecule has 0 spiro atoms. The molecular formula is C32H39N7O4S. The molecule has 0 radical (unpaired) electrons. The lowest BCUT2D eigenvalue weighted by Gasteiger charge is -2.36. The van der Waals surface area contributed by atoms with Crippen LogP contribution in [0.3, 0.4) is 0 Å². The Morgan fingerprint density at radius 3 is 2.41 bits per heavy atom. The number of anilines is 2. The minimum Gasteiger partial charge on any atom is -0.484 e. The first-order valence-electron chi connectivity index (χ1n) is 14.9. The summed E-state index contributed by atoms with van der Waals surface area (Å²) < 4.78 is 34.9. The first-order valence-corrected chi connectivity index (χ1v) is 16.7. The van der Waals surface area contributed by atoms with Crippen LogP contribution in [0.5, 0.6) is 5.75 Å². The molecule has 1 aliphatic heterocycles. The van der Waals surface area contributed by atoms with Crippen molar-refractivity contribution in [2.45, 2.75) is 63.6 Å². The van der Waals surface area contributed by atoms with Gasteiger partial charge in [-0.2, -0.15) is 0 Å². The number of urea groups is 1. The van der Waals surface area contributed by atoms with Gasteiger partial charge in [-0.15, -0.1) is 10.2 Å². The molecule has 2 aromatic carbocycles. The highest BCUT2D eigenvalue weighted by atomic mass is 32.2. The van der Waals surface area contributed by atoms with Gasteiger partial charge in [0.15, 0.2) is 11.5 Å². The van der Waals surface area contributed by atoms with Crippen molar-refractivity contribution in [2.24, 2.45) is 0 Å². The number of nitrogens with one attached hydrogen (secondary N) is 3. The van der Waals surface area contributed by atoms with E-state index in [1.165, 1.54) is 0 Å². The third kappa shape index (κ3) is 6.36. The highest BCUT2D eigenvalue weighted by molar-refractivity contribution is 7.92. The number of ether oxygens (including phenoxy) is 1. The fourth-order valence-corrected chi connectivity index (χ4v) is 6.49. The van der Waals surface area contributed by atoms with Gasteiger partial charge in [-0.25, -0.2) is 13.2 Å². The maximum atomic E-state index is 13.2. The molecule has 1 saturated heterocycles. The molecule has 6 rings (SSSR count). The third-order valence-electron chi connectivity index (χ3n) is 8.37. The van der Waals surface area contributed by atoms with Crippen molar-refractivity contribution < 1.29 is 17.9 Å². The second-order valence-corrected chi connectivity index (χ2v) is 14.6. The Labute approximate surface area is 258 Å². The van der Waals surface area contributed by atoms with Gasteiger partial charge in [0.05, 0.1) is 30.2 Å². The van der Waals surface area contributed by atoms with Crippen LogP contribution < -0.4 is 20.1 Å². The van der Waals surface area contributed by atoms with Gasteiger partial charge in [0.25, 0.3) is 0 Å². The molecule has 0 saturated carbocycles. The van der Waals surface area contributed by atoms with Crippen LogP contribution in [0.25, 0.3) is 5.65 Å². The van der Waals surface area contributed by atoms with Crippen LogP contribution in [-0.2, 0) is 15.4 Å². The van der Waals surface area contributed by atoms with Crippen molar-refractivity contribution in [3.8, 4) is 5.75 Å². The van der Waals surface area contributed by atoms with Crippen LogP contribution in [0.2, 0.25) is 0 Å². The first kappa shape index (κ1) is 29.9. The number of likely N-dealkylation sites (tertiary alicyclic amines) is 1. The van der Waals surface area contributed by atoms with Crippen molar-refractivity contribution in [1.82, 2.24) is 24.8 Å². The highest BCUT2D eigenvalue weighted by Gasteiger charge is 2.32. The summed E-state index contributed by atoms with van der Waals surface area (Å²) in [7, 11) is -1.39. The molecule has 0 bridgehead atoms. The topological polar surface area (TPSA) is 130 Å². The number of fused-ring (bicyclic) bond motifs is 2. The number of aromatic nitrogens is 3. The number of pyridine rings is 1. The van der Waals surface area contributed by atoms with Crippen molar-refractivity contribution in [3.05, 3.63) is 83.3 Å². The van der Waals surface area contributed by atoms with Gasteiger partial charge in [0, 0.05) is 12.2 Å². The lowest BCUT2D eigenvalue weighted by molar-refractivity contribution is 0.119. The number of carbonyl (C=O) groups is 1. The minimum atomic E-state index is -3.48. The number of rotatable bonds is 7. The van der Waals surface area contributed by atoms with Gasteiger partial charge >= 0.3 is 6.03 Å². The summed E-state index contributed by atoms with van der Waals surface area (Å²) in [6.45, 7) is 7.14. The summed E-state index contributed by atoms with van der Waals surface area (Å²) in [5.74, 6) is 1.66. The number of sulfonamides is 1. The third-order valence-corrected chi connectivity index (χ3v) is 8.97. The maximum absolute atomic E-state index is 13.2. The number of benzene rings is 2. The largest absolute Gasteiger partial charge is 0.484 e. The highest BCUT2D eigenvalue weighted by Crippen LogP contribution is 2.39. The van der Waals surface area contributed by atoms with Crippen LogP contribution in [0.15, 0.2) is 60.8 Å². The van der Waals surface area contributed by atoms with Gasteiger partial charge < -0.3 is 15.4 Å². The Balaban J connectivity index is 1.18. The molecule has 3 heterocycles. The fourth-order valence-electron chi connectivity index (χ4n) is 5.95. The summed E-state index contributed by atoms with van der Waals surface area (Å²) in [6, 6.07) is 16.8. The van der Waals surface area contributed by atoms with Crippen LogP contribution >= 0.6 is 0 Å². The number of amides is 2. The Hall–Kier alpha value is -4.16. The number of hydrogen-bond acceptors (Lipinski definition) is 7. The van der Waals surface area contributed by atoms with E-state index < -0.39 is 10.0 Å². The molecule has 12 heteroatoms. The second-order valence-electron chi connectivity index (χ2n) is 12.8. The van der Waals surface area contributed by atoms with Crippen LogP contribution in [0.1, 0.15) is 80.7 Å². The first-order chi connectivity index (χ1) is 20.8. The molecule has 2 amide bonds. The summed E-state index contributed by atoms with van der Waals surface area (Å²) in [4.78, 5) is 15.5. The van der Waals surface area contributed by atoms with E-state index in [4.69, 9.17) is 4.74 Å². The van der Waals surface area contributed by atoms with Crippen LogP contribution in [-0.4, -0.2) is 53.8 Å². The van der Waals surface area contributed by atoms with E-state index in [-0.39, 0.29) is 29.6 Å². The van der Waals surface area contributed by atoms with Gasteiger partial charge in [-0.05, 0) is 78.7 Å². The van der Waals surface area contributed by atoms with E-state index in [1.807, 2.05) is 73.8 Å². The van der Waals surface area contributed by atoms with Gasteiger partial charge in [-0.3, -0.25) is 14.0 Å². The minimum absolute atomic E-state index is 0.177. The Bertz CT molecular complexity index is 1810. The van der Waals surface area contributed by atoms with Crippen LogP contribution in [0.4, 0.5) is 16.2 Å². The predicted octanol–water partition coefficient (Wildman–Crippen LogP) is 5.55.